The van der Waals surface area contributed by atoms with Gasteiger partial charge in [0, 0.05) is 0 Å². The first-order valence-electron chi connectivity index (χ1n) is 8.28. The monoisotopic (exact) mass is 294 g/mol. The molecular formula is C20H23P. The van der Waals surface area contributed by atoms with Crippen molar-refractivity contribution in [3.63, 3.8) is 0 Å². The molecule has 2 aromatic carbocycles. The van der Waals surface area contributed by atoms with Crippen molar-refractivity contribution in [1.82, 2.24) is 0 Å². The molecule has 0 saturated heterocycles. The van der Waals surface area contributed by atoms with Gasteiger partial charge in [-0.3, -0.25) is 0 Å². The van der Waals surface area contributed by atoms with E-state index in [0.717, 1.165) is 20.4 Å². The Morgan fingerprint density at radius 2 is 1.81 bits per heavy atom. The molecule has 0 amide bonds. The van der Waals surface area contributed by atoms with Crippen LogP contribution in [0.3, 0.4) is 0 Å². The molecule has 0 N–H and O–H groups in total. The van der Waals surface area contributed by atoms with E-state index in [4.69, 9.17) is 0 Å². The zero-order valence-corrected chi connectivity index (χ0v) is 13.7. The van der Waals surface area contributed by atoms with Crippen LogP contribution in [0.2, 0.25) is 0 Å². The predicted octanol–water partition coefficient (Wildman–Crippen LogP) is 5.46. The Labute approximate surface area is 129 Å². The minimum atomic E-state index is 0.807. The fourth-order valence-electron chi connectivity index (χ4n) is 4.17. The average molecular weight is 294 g/mol. The topological polar surface area (TPSA) is 0 Å². The van der Waals surface area contributed by atoms with Gasteiger partial charge in [-0.2, -0.15) is 0 Å². The van der Waals surface area contributed by atoms with Gasteiger partial charge in [-0.05, 0) is 58.4 Å². The highest BCUT2D eigenvalue weighted by Crippen LogP contribution is 2.42. The van der Waals surface area contributed by atoms with Crippen molar-refractivity contribution in [2.24, 2.45) is 5.92 Å². The van der Waals surface area contributed by atoms with Crippen LogP contribution in [0.25, 0.3) is 11.1 Å². The van der Waals surface area contributed by atoms with Crippen molar-refractivity contribution in [3.05, 3.63) is 53.6 Å². The second-order valence-electron chi connectivity index (χ2n) is 6.75. The van der Waals surface area contributed by atoms with E-state index in [9.17, 15) is 0 Å². The molecule has 1 fully saturated rings. The second-order valence-corrected chi connectivity index (χ2v) is 7.96. The summed E-state index contributed by atoms with van der Waals surface area (Å²) < 4.78 is 0. The van der Waals surface area contributed by atoms with E-state index in [-0.39, 0.29) is 0 Å². The van der Waals surface area contributed by atoms with E-state index in [1.165, 1.54) is 48.5 Å². The number of rotatable bonds is 1. The molecule has 1 aliphatic heterocycles. The minimum absolute atomic E-state index is 0.807. The Bertz CT molecular complexity index is 659. The Hall–Kier alpha value is -1.13. The number of hydrogen-bond acceptors (Lipinski definition) is 0. The first-order chi connectivity index (χ1) is 10.3. The highest BCUT2D eigenvalue weighted by atomic mass is 31.1. The van der Waals surface area contributed by atoms with Crippen molar-refractivity contribution in [3.8, 4) is 11.1 Å². The maximum Gasteiger partial charge on any atom is -0.00537 e. The average Bonchev–Trinajstić information content (AvgIpc) is 2.54. The lowest BCUT2D eigenvalue weighted by Crippen LogP contribution is -2.20. The van der Waals surface area contributed by atoms with Crippen LogP contribution in [-0.4, -0.2) is 0 Å². The lowest BCUT2D eigenvalue weighted by molar-refractivity contribution is 0.345. The molecule has 1 heteroatoms. The van der Waals surface area contributed by atoms with Gasteiger partial charge in [-0.25, -0.2) is 0 Å². The largest absolute Gasteiger partial charge is 0.0849 e. The molecule has 1 heterocycles. The molecule has 0 radical (unpaired) electrons. The lowest BCUT2D eigenvalue weighted by atomic mass is 9.78. The van der Waals surface area contributed by atoms with Gasteiger partial charge in [-0.15, -0.1) is 0 Å². The molecule has 108 valence electrons. The molecule has 21 heavy (non-hydrogen) atoms. The third-order valence-electron chi connectivity index (χ3n) is 5.24. The summed E-state index contributed by atoms with van der Waals surface area (Å²) >= 11 is 0. The summed E-state index contributed by atoms with van der Waals surface area (Å²) in [5, 5.41) is 1.68. The first kappa shape index (κ1) is 13.5. The summed E-state index contributed by atoms with van der Waals surface area (Å²) in [5.41, 5.74) is 6.22. The molecule has 0 spiro atoms. The summed E-state index contributed by atoms with van der Waals surface area (Å²) in [4.78, 5) is 0. The van der Waals surface area contributed by atoms with Gasteiger partial charge in [0.25, 0.3) is 0 Å². The molecule has 0 nitrogen and oxygen atoms in total. The Morgan fingerprint density at radius 3 is 2.71 bits per heavy atom. The van der Waals surface area contributed by atoms with E-state index >= 15 is 0 Å². The Kier molecular flexibility index (Phi) is 3.59. The van der Waals surface area contributed by atoms with Crippen molar-refractivity contribution >= 4 is 13.9 Å². The van der Waals surface area contributed by atoms with Crippen molar-refractivity contribution in [2.45, 2.75) is 44.7 Å². The molecule has 1 saturated carbocycles. The molecule has 2 aromatic rings. The number of fused-ring (bicyclic) bond motifs is 3. The van der Waals surface area contributed by atoms with Crippen LogP contribution >= 0.6 is 8.58 Å². The van der Waals surface area contributed by atoms with Crippen molar-refractivity contribution in [1.29, 1.82) is 0 Å². The van der Waals surface area contributed by atoms with E-state index < -0.39 is 0 Å². The van der Waals surface area contributed by atoms with E-state index in [1.54, 1.807) is 10.9 Å². The van der Waals surface area contributed by atoms with E-state index in [0.29, 0.717) is 0 Å². The molecule has 1 aliphatic carbocycles. The maximum absolute atomic E-state index is 2.43. The van der Waals surface area contributed by atoms with Gasteiger partial charge in [-0.1, -0.05) is 70.8 Å². The Balaban J connectivity index is 1.79. The molecule has 4 rings (SSSR count). The molecule has 0 aromatic heterocycles. The minimum Gasteiger partial charge on any atom is -0.0849 e. The lowest BCUT2D eigenvalue weighted by Gasteiger charge is -2.31. The van der Waals surface area contributed by atoms with E-state index in [1.807, 2.05) is 0 Å². The van der Waals surface area contributed by atoms with Crippen molar-refractivity contribution in [2.75, 3.05) is 0 Å². The Morgan fingerprint density at radius 1 is 0.952 bits per heavy atom. The summed E-state index contributed by atoms with van der Waals surface area (Å²) in [5.74, 6) is 1.71. The van der Waals surface area contributed by atoms with Gasteiger partial charge in [0.2, 0.25) is 0 Å². The van der Waals surface area contributed by atoms with Crippen LogP contribution in [0.4, 0.5) is 0 Å². The van der Waals surface area contributed by atoms with Crippen LogP contribution in [0.15, 0.2) is 42.5 Å². The maximum atomic E-state index is 2.43. The summed E-state index contributed by atoms with van der Waals surface area (Å²) in [6.07, 6.45) is 6.86. The predicted molar refractivity (Wildman–Crippen MR) is 93.9 cm³/mol. The van der Waals surface area contributed by atoms with Crippen LogP contribution in [0.5, 0.6) is 0 Å². The molecule has 3 atom stereocenters. The fourth-order valence-corrected chi connectivity index (χ4v) is 5.75. The number of benzene rings is 2. The summed E-state index contributed by atoms with van der Waals surface area (Å²) in [7, 11) is 0.955. The van der Waals surface area contributed by atoms with Gasteiger partial charge in [0.15, 0.2) is 0 Å². The molecule has 2 aliphatic rings. The summed E-state index contributed by atoms with van der Waals surface area (Å²) in [6.45, 7) is 2.43. The quantitative estimate of drug-likeness (QED) is 0.612. The van der Waals surface area contributed by atoms with Gasteiger partial charge in [0.1, 0.15) is 0 Å². The zero-order valence-electron chi connectivity index (χ0n) is 12.7. The SMILES string of the molecule is CC1CCCC(c2cccc3c2PCc2ccccc2-3)C1. The van der Waals surface area contributed by atoms with E-state index in [2.05, 4.69) is 49.4 Å². The summed E-state index contributed by atoms with van der Waals surface area (Å²) in [6, 6.07) is 16.0. The normalized spacial score (nSPS) is 25.4. The third-order valence-corrected chi connectivity index (χ3v) is 6.71. The highest BCUT2D eigenvalue weighted by Gasteiger charge is 2.25. The standard InChI is InChI=1S/C20H23P/c1-14-6-4-8-15(12-14)18-10-5-11-19-17-9-3-2-7-16(17)13-21-20(18)19/h2-3,5,7,9-11,14-15,21H,4,6,8,12-13H2,1H3. The van der Waals surface area contributed by atoms with Gasteiger partial charge >= 0.3 is 0 Å². The van der Waals surface area contributed by atoms with Crippen LogP contribution in [0, 0.1) is 5.92 Å². The van der Waals surface area contributed by atoms with Crippen LogP contribution in [-0.2, 0) is 6.16 Å². The molecule has 0 bridgehead atoms. The molecular weight excluding hydrogens is 271 g/mol. The second kappa shape index (κ2) is 5.58. The van der Waals surface area contributed by atoms with Crippen LogP contribution in [0.1, 0.15) is 49.7 Å². The smallest absolute Gasteiger partial charge is 0.00537 e. The van der Waals surface area contributed by atoms with Gasteiger partial charge in [0.05, 0.1) is 0 Å². The van der Waals surface area contributed by atoms with Gasteiger partial charge < -0.3 is 0 Å². The molecule has 3 unspecified atom stereocenters. The zero-order chi connectivity index (χ0) is 14.2. The highest BCUT2D eigenvalue weighted by molar-refractivity contribution is 7.47. The third kappa shape index (κ3) is 2.44. The van der Waals surface area contributed by atoms with Crippen molar-refractivity contribution < 1.29 is 0 Å². The fraction of sp³-hybridized carbons (Fsp3) is 0.400. The number of hydrogen-bond donors (Lipinski definition) is 0. The van der Waals surface area contributed by atoms with Crippen LogP contribution < -0.4 is 5.30 Å². The first-order valence-corrected chi connectivity index (χ1v) is 9.48.